The predicted octanol–water partition coefficient (Wildman–Crippen LogP) is 1.90. The number of aryl methyl sites for hydroxylation is 2. The van der Waals surface area contributed by atoms with Crippen LogP contribution in [0, 0.1) is 13.8 Å². The minimum Gasteiger partial charge on any atom is -0.353 e. The lowest BCUT2D eigenvalue weighted by Crippen LogP contribution is -2.49. The van der Waals surface area contributed by atoms with Gasteiger partial charge in [0, 0.05) is 51.0 Å². The number of carbonyl (C=O) groups is 1. The van der Waals surface area contributed by atoms with E-state index < -0.39 is 0 Å². The van der Waals surface area contributed by atoms with Crippen LogP contribution in [0.4, 0.5) is 11.8 Å². The smallest absolute Gasteiger partial charge is 0.267 e. The van der Waals surface area contributed by atoms with E-state index in [1.165, 1.54) is 30.8 Å². The molecular formula is C18H25N7OS. The van der Waals surface area contributed by atoms with E-state index in [0.29, 0.717) is 23.7 Å². The average molecular weight is 388 g/mol. The van der Waals surface area contributed by atoms with Crippen LogP contribution in [0.5, 0.6) is 0 Å². The van der Waals surface area contributed by atoms with Gasteiger partial charge in [0.2, 0.25) is 5.95 Å². The minimum absolute atomic E-state index is 0.0371. The van der Waals surface area contributed by atoms with Crippen LogP contribution >= 0.6 is 11.5 Å². The van der Waals surface area contributed by atoms with Gasteiger partial charge in [-0.1, -0.05) is 4.49 Å². The fourth-order valence-electron chi connectivity index (χ4n) is 3.64. The number of hydrogen-bond donors (Lipinski definition) is 0. The van der Waals surface area contributed by atoms with Crippen molar-refractivity contribution in [3.05, 3.63) is 22.3 Å². The fourth-order valence-corrected chi connectivity index (χ4v) is 4.27. The molecule has 8 nitrogen and oxygen atoms in total. The standard InChI is InChI=1S/C18H25N7OS/c1-13-12-15(20-18(19-13)25-6-4-3-5-7-25)23-8-10-24(11-9-23)17(26)16-14(2)21-22-27-16/h12H,3-11H2,1-2H3. The van der Waals surface area contributed by atoms with Crippen molar-refractivity contribution in [2.24, 2.45) is 0 Å². The molecule has 2 aromatic rings. The van der Waals surface area contributed by atoms with E-state index in [1.807, 2.05) is 24.8 Å². The molecular weight excluding hydrogens is 362 g/mol. The normalized spacial score (nSPS) is 18.1. The van der Waals surface area contributed by atoms with Crippen LogP contribution in [0.25, 0.3) is 0 Å². The molecule has 0 radical (unpaired) electrons. The molecule has 2 aliphatic heterocycles. The van der Waals surface area contributed by atoms with Crippen LogP contribution in [0.2, 0.25) is 0 Å². The van der Waals surface area contributed by atoms with Crippen LogP contribution in [0.3, 0.4) is 0 Å². The van der Waals surface area contributed by atoms with Crippen LogP contribution in [0.1, 0.15) is 40.3 Å². The van der Waals surface area contributed by atoms with Crippen molar-refractivity contribution in [3.63, 3.8) is 0 Å². The SMILES string of the molecule is Cc1cc(N2CCN(C(=O)c3snnc3C)CC2)nc(N2CCCCC2)n1. The summed E-state index contributed by atoms with van der Waals surface area (Å²) in [6.45, 7) is 8.83. The van der Waals surface area contributed by atoms with Crippen LogP contribution in [0.15, 0.2) is 6.07 Å². The molecule has 0 spiro atoms. The zero-order valence-corrected chi connectivity index (χ0v) is 16.7. The topological polar surface area (TPSA) is 78.3 Å². The number of rotatable bonds is 3. The van der Waals surface area contributed by atoms with Gasteiger partial charge in [-0.05, 0) is 44.6 Å². The van der Waals surface area contributed by atoms with Crippen molar-refractivity contribution in [3.8, 4) is 0 Å². The highest BCUT2D eigenvalue weighted by atomic mass is 32.1. The van der Waals surface area contributed by atoms with E-state index in [1.54, 1.807) is 0 Å². The summed E-state index contributed by atoms with van der Waals surface area (Å²) in [6.07, 6.45) is 3.71. The summed E-state index contributed by atoms with van der Waals surface area (Å²) in [6, 6.07) is 2.04. The van der Waals surface area contributed by atoms with Gasteiger partial charge >= 0.3 is 0 Å². The lowest BCUT2D eigenvalue weighted by atomic mass is 10.1. The summed E-state index contributed by atoms with van der Waals surface area (Å²) in [5.74, 6) is 1.84. The Balaban J connectivity index is 1.44. The van der Waals surface area contributed by atoms with E-state index in [-0.39, 0.29) is 5.91 Å². The van der Waals surface area contributed by atoms with E-state index in [4.69, 9.17) is 4.98 Å². The molecule has 2 saturated heterocycles. The maximum Gasteiger partial charge on any atom is 0.267 e. The van der Waals surface area contributed by atoms with Gasteiger partial charge in [-0.15, -0.1) is 5.10 Å². The number of aromatic nitrogens is 4. The number of nitrogens with zero attached hydrogens (tertiary/aromatic N) is 7. The molecule has 0 unspecified atom stereocenters. The molecule has 0 atom stereocenters. The minimum atomic E-state index is 0.0371. The highest BCUT2D eigenvalue weighted by Gasteiger charge is 2.26. The Morgan fingerprint density at radius 2 is 1.70 bits per heavy atom. The Bertz CT molecular complexity index is 810. The summed E-state index contributed by atoms with van der Waals surface area (Å²) in [5.41, 5.74) is 1.70. The molecule has 27 heavy (non-hydrogen) atoms. The Kier molecular flexibility index (Phi) is 5.20. The third-order valence-electron chi connectivity index (χ3n) is 5.20. The van der Waals surface area contributed by atoms with Gasteiger partial charge in [0.1, 0.15) is 10.7 Å². The number of anilines is 2. The average Bonchev–Trinajstić information content (AvgIpc) is 3.13. The first-order chi connectivity index (χ1) is 13.1. The Morgan fingerprint density at radius 3 is 2.37 bits per heavy atom. The summed E-state index contributed by atoms with van der Waals surface area (Å²) in [4.78, 5) is 29.2. The molecule has 2 aliphatic rings. The van der Waals surface area contributed by atoms with E-state index in [2.05, 4.69) is 24.4 Å². The molecule has 2 fully saturated rings. The maximum atomic E-state index is 12.6. The lowest BCUT2D eigenvalue weighted by molar-refractivity contribution is 0.0750. The van der Waals surface area contributed by atoms with Crippen molar-refractivity contribution in [1.29, 1.82) is 0 Å². The highest BCUT2D eigenvalue weighted by molar-refractivity contribution is 7.07. The quantitative estimate of drug-likeness (QED) is 0.796. The van der Waals surface area contributed by atoms with E-state index in [0.717, 1.165) is 43.6 Å². The monoisotopic (exact) mass is 387 g/mol. The molecule has 144 valence electrons. The number of amides is 1. The summed E-state index contributed by atoms with van der Waals surface area (Å²) < 4.78 is 3.88. The summed E-state index contributed by atoms with van der Waals surface area (Å²) >= 11 is 1.18. The van der Waals surface area contributed by atoms with Crippen LogP contribution in [-0.4, -0.2) is 69.6 Å². The van der Waals surface area contributed by atoms with Gasteiger partial charge < -0.3 is 14.7 Å². The molecule has 9 heteroatoms. The van der Waals surface area contributed by atoms with Crippen molar-refractivity contribution < 1.29 is 4.79 Å². The molecule has 4 rings (SSSR count). The summed E-state index contributed by atoms with van der Waals surface area (Å²) in [7, 11) is 0. The molecule has 0 saturated carbocycles. The molecule has 0 bridgehead atoms. The molecule has 1 amide bonds. The zero-order chi connectivity index (χ0) is 18.8. The first-order valence-electron chi connectivity index (χ1n) is 9.55. The maximum absolute atomic E-state index is 12.6. The first-order valence-corrected chi connectivity index (χ1v) is 10.3. The third kappa shape index (κ3) is 3.87. The molecule has 0 aromatic carbocycles. The highest BCUT2D eigenvalue weighted by Crippen LogP contribution is 2.22. The van der Waals surface area contributed by atoms with Gasteiger partial charge in [-0.2, -0.15) is 4.98 Å². The van der Waals surface area contributed by atoms with Gasteiger partial charge in [-0.3, -0.25) is 4.79 Å². The zero-order valence-electron chi connectivity index (χ0n) is 15.9. The third-order valence-corrected chi connectivity index (χ3v) is 6.02. The Hall–Kier alpha value is -2.29. The number of piperazine rings is 1. The summed E-state index contributed by atoms with van der Waals surface area (Å²) in [5, 5.41) is 3.95. The van der Waals surface area contributed by atoms with Gasteiger partial charge in [0.25, 0.3) is 5.91 Å². The van der Waals surface area contributed by atoms with Gasteiger partial charge in [0.05, 0.1) is 5.69 Å². The van der Waals surface area contributed by atoms with E-state index >= 15 is 0 Å². The lowest BCUT2D eigenvalue weighted by Gasteiger charge is -2.36. The second-order valence-electron chi connectivity index (χ2n) is 7.18. The fraction of sp³-hybridized carbons (Fsp3) is 0.611. The van der Waals surface area contributed by atoms with Crippen molar-refractivity contribution in [2.75, 3.05) is 49.1 Å². The van der Waals surface area contributed by atoms with Crippen LogP contribution < -0.4 is 9.80 Å². The number of hydrogen-bond acceptors (Lipinski definition) is 8. The molecule has 0 aliphatic carbocycles. The first kappa shape index (κ1) is 18.1. The van der Waals surface area contributed by atoms with Crippen LogP contribution in [-0.2, 0) is 0 Å². The van der Waals surface area contributed by atoms with Gasteiger partial charge in [0.15, 0.2) is 0 Å². The second-order valence-corrected chi connectivity index (χ2v) is 7.94. The predicted molar refractivity (Wildman–Crippen MR) is 106 cm³/mol. The molecule has 0 N–H and O–H groups in total. The number of piperidine rings is 1. The van der Waals surface area contributed by atoms with Crippen molar-refractivity contribution >= 4 is 29.2 Å². The van der Waals surface area contributed by atoms with Crippen molar-refractivity contribution in [2.45, 2.75) is 33.1 Å². The number of carbonyl (C=O) groups excluding carboxylic acids is 1. The Labute approximate surface area is 163 Å². The largest absolute Gasteiger partial charge is 0.353 e. The molecule has 4 heterocycles. The van der Waals surface area contributed by atoms with Crippen molar-refractivity contribution in [1.82, 2.24) is 24.5 Å². The Morgan fingerprint density at radius 1 is 0.963 bits per heavy atom. The molecule has 2 aromatic heterocycles. The van der Waals surface area contributed by atoms with E-state index in [9.17, 15) is 4.79 Å². The second kappa shape index (κ2) is 7.75. The van der Waals surface area contributed by atoms with Gasteiger partial charge in [-0.25, -0.2) is 4.98 Å².